The highest BCUT2D eigenvalue weighted by Crippen LogP contribution is 2.47. The summed E-state index contributed by atoms with van der Waals surface area (Å²) in [6.45, 7) is 1.75. The summed E-state index contributed by atoms with van der Waals surface area (Å²) in [6.07, 6.45) is 2.78. The molecule has 0 saturated heterocycles. The first-order valence-corrected chi connectivity index (χ1v) is 14.6. The van der Waals surface area contributed by atoms with Gasteiger partial charge in [-0.1, -0.05) is 53.5 Å². The van der Waals surface area contributed by atoms with E-state index in [1.165, 1.54) is 25.6 Å². The van der Waals surface area contributed by atoms with Gasteiger partial charge in [0.2, 0.25) is 11.9 Å². The van der Waals surface area contributed by atoms with Crippen molar-refractivity contribution in [3.8, 4) is 22.8 Å². The molecule has 12 heteroatoms. The molecule has 0 fully saturated rings. The predicted molar refractivity (Wildman–Crippen MR) is 168 cm³/mol. The predicted octanol–water partition coefficient (Wildman–Crippen LogP) is 5.84. The number of methoxy groups -OCH3 is 1. The number of rotatable bonds is 8. The molecule has 4 heterocycles. The summed E-state index contributed by atoms with van der Waals surface area (Å²) in [5.74, 6) is -1.66. The van der Waals surface area contributed by atoms with E-state index < -0.39 is 23.2 Å². The third kappa shape index (κ3) is 5.51. The van der Waals surface area contributed by atoms with Crippen molar-refractivity contribution in [2.45, 2.75) is 18.3 Å². The molecule has 45 heavy (non-hydrogen) atoms. The molecule has 0 saturated carbocycles. The minimum Gasteiger partial charge on any atom is -0.494 e. The van der Waals surface area contributed by atoms with Gasteiger partial charge in [0.05, 0.1) is 17.8 Å². The molecule has 9 nitrogen and oxygen atoms in total. The summed E-state index contributed by atoms with van der Waals surface area (Å²) in [5.41, 5.74) is 7.83. The Hall–Kier alpha value is -4.80. The van der Waals surface area contributed by atoms with Crippen LogP contribution in [0.15, 0.2) is 73.1 Å². The maximum atomic E-state index is 14.5. The standard InChI is InChI=1S/C33H26Cl2FN5O4/c1-33(32(37)43)16-45-29-23(33)13-24(41-28(29)21-8-9-38-30(36)26(21)35)22(17-6-4-3-5-7-17)15-40-31(42)19-10-18-11-20(34)14-39-27(18)25(12-19)44-2/h3-14,22H,15-16H2,1-2H3,(H2,37,43)(H,40,42)/t22-,33-/m0/s1. The fourth-order valence-corrected chi connectivity index (χ4v) is 5.79. The first kappa shape index (κ1) is 30.2. The van der Waals surface area contributed by atoms with Gasteiger partial charge in [-0.3, -0.25) is 14.6 Å². The van der Waals surface area contributed by atoms with Gasteiger partial charge in [-0.05, 0) is 42.8 Å². The molecule has 6 rings (SSSR count). The molecule has 0 spiro atoms. The molecule has 3 aromatic heterocycles. The Balaban J connectivity index is 1.45. The van der Waals surface area contributed by atoms with Gasteiger partial charge in [0.15, 0.2) is 0 Å². The number of ether oxygens (including phenoxy) is 2. The second kappa shape index (κ2) is 11.9. The molecule has 2 amide bonds. The number of carbonyl (C=O) groups excluding carboxylic acids is 2. The Morgan fingerprint density at radius 3 is 2.64 bits per heavy atom. The molecule has 0 radical (unpaired) electrons. The number of aromatic nitrogens is 3. The van der Waals surface area contributed by atoms with Crippen LogP contribution in [0.4, 0.5) is 4.39 Å². The minimum atomic E-state index is -1.19. The minimum absolute atomic E-state index is 0.0314. The van der Waals surface area contributed by atoms with Crippen molar-refractivity contribution < 1.29 is 23.5 Å². The summed E-state index contributed by atoms with van der Waals surface area (Å²) < 4.78 is 26.0. The van der Waals surface area contributed by atoms with Gasteiger partial charge in [0.1, 0.15) is 39.8 Å². The van der Waals surface area contributed by atoms with Crippen LogP contribution in [0, 0.1) is 5.95 Å². The van der Waals surface area contributed by atoms with Crippen molar-refractivity contribution in [2.24, 2.45) is 5.73 Å². The lowest BCUT2D eigenvalue weighted by Gasteiger charge is -2.23. The Morgan fingerprint density at radius 2 is 1.91 bits per heavy atom. The fourth-order valence-electron chi connectivity index (χ4n) is 5.42. The number of benzene rings is 2. The van der Waals surface area contributed by atoms with Crippen molar-refractivity contribution >= 4 is 45.9 Å². The number of nitrogens with zero attached hydrogens (tertiary/aromatic N) is 3. The Bertz CT molecular complexity index is 1980. The number of fused-ring (bicyclic) bond motifs is 2. The normalized spacial score (nSPS) is 16.1. The quantitative estimate of drug-likeness (QED) is 0.203. The first-order chi connectivity index (χ1) is 21.6. The van der Waals surface area contributed by atoms with Crippen molar-refractivity contribution in [1.29, 1.82) is 0 Å². The highest BCUT2D eigenvalue weighted by atomic mass is 35.5. The lowest BCUT2D eigenvalue weighted by Crippen LogP contribution is -2.40. The molecule has 3 N–H and O–H groups in total. The second-order valence-electron chi connectivity index (χ2n) is 10.8. The van der Waals surface area contributed by atoms with E-state index >= 15 is 0 Å². The number of hydrogen-bond acceptors (Lipinski definition) is 7. The Labute approximate surface area is 267 Å². The summed E-state index contributed by atoms with van der Waals surface area (Å²) in [6, 6.07) is 17.7. The van der Waals surface area contributed by atoms with E-state index in [0.717, 1.165) is 5.56 Å². The monoisotopic (exact) mass is 645 g/mol. The lowest BCUT2D eigenvalue weighted by molar-refractivity contribution is -0.123. The highest BCUT2D eigenvalue weighted by molar-refractivity contribution is 6.33. The van der Waals surface area contributed by atoms with Gasteiger partial charge in [0.25, 0.3) is 5.91 Å². The maximum Gasteiger partial charge on any atom is 0.251 e. The zero-order valence-electron chi connectivity index (χ0n) is 24.1. The molecule has 2 atom stereocenters. The zero-order chi connectivity index (χ0) is 31.9. The van der Waals surface area contributed by atoms with Crippen LogP contribution < -0.4 is 20.5 Å². The largest absolute Gasteiger partial charge is 0.494 e. The van der Waals surface area contributed by atoms with E-state index in [1.54, 1.807) is 31.2 Å². The Morgan fingerprint density at radius 1 is 1.13 bits per heavy atom. The molecule has 2 aromatic carbocycles. The van der Waals surface area contributed by atoms with Crippen LogP contribution in [-0.4, -0.2) is 47.0 Å². The van der Waals surface area contributed by atoms with E-state index in [4.69, 9.17) is 43.4 Å². The van der Waals surface area contributed by atoms with E-state index in [1.807, 2.05) is 30.3 Å². The van der Waals surface area contributed by atoms with Gasteiger partial charge < -0.3 is 20.5 Å². The van der Waals surface area contributed by atoms with Crippen molar-refractivity contribution in [3.63, 3.8) is 0 Å². The van der Waals surface area contributed by atoms with Crippen LogP contribution in [0.3, 0.4) is 0 Å². The number of pyridine rings is 3. The third-order valence-electron chi connectivity index (χ3n) is 7.96. The molecular weight excluding hydrogens is 620 g/mol. The smallest absolute Gasteiger partial charge is 0.251 e. The number of amides is 2. The average molecular weight is 647 g/mol. The summed E-state index contributed by atoms with van der Waals surface area (Å²) >= 11 is 12.5. The van der Waals surface area contributed by atoms with Crippen LogP contribution in [0.1, 0.15) is 40.0 Å². The van der Waals surface area contributed by atoms with Gasteiger partial charge in [0, 0.05) is 46.9 Å². The summed E-state index contributed by atoms with van der Waals surface area (Å²) in [5, 5.41) is 3.83. The van der Waals surface area contributed by atoms with Crippen LogP contribution in [0.2, 0.25) is 10.0 Å². The van der Waals surface area contributed by atoms with Crippen molar-refractivity contribution in [2.75, 3.05) is 20.3 Å². The SMILES string of the molecule is COc1cc(C(=O)NC[C@@H](c2ccccc2)c2cc3c(c(-c4ccnc(F)c4Cl)n2)OC[C@]3(C)C(N)=O)cc2cc(Cl)cnc12. The van der Waals surface area contributed by atoms with Crippen molar-refractivity contribution in [3.05, 3.63) is 111 Å². The van der Waals surface area contributed by atoms with E-state index in [0.29, 0.717) is 38.5 Å². The van der Waals surface area contributed by atoms with Gasteiger partial charge in [-0.15, -0.1) is 0 Å². The molecular formula is C33H26Cl2FN5O4. The fraction of sp³-hybridized carbons (Fsp3) is 0.182. The van der Waals surface area contributed by atoms with Crippen LogP contribution in [0.5, 0.6) is 11.5 Å². The topological polar surface area (TPSA) is 129 Å². The maximum absolute atomic E-state index is 14.5. The Kier molecular flexibility index (Phi) is 8.03. The van der Waals surface area contributed by atoms with Crippen molar-refractivity contribution in [1.82, 2.24) is 20.3 Å². The van der Waals surface area contributed by atoms with E-state index in [9.17, 15) is 14.0 Å². The number of hydrogen-bond donors (Lipinski definition) is 2. The van der Waals surface area contributed by atoms with Crippen LogP contribution in [-0.2, 0) is 10.2 Å². The van der Waals surface area contributed by atoms with Crippen LogP contribution in [0.25, 0.3) is 22.2 Å². The molecule has 0 bridgehead atoms. The van der Waals surface area contributed by atoms with Gasteiger partial charge in [-0.2, -0.15) is 4.39 Å². The van der Waals surface area contributed by atoms with E-state index in [-0.39, 0.29) is 41.1 Å². The number of carbonyl (C=O) groups is 2. The number of nitrogens with two attached hydrogens (primary N) is 1. The van der Waals surface area contributed by atoms with Crippen LogP contribution >= 0.6 is 23.2 Å². The summed E-state index contributed by atoms with van der Waals surface area (Å²) in [7, 11) is 1.50. The zero-order valence-corrected chi connectivity index (χ0v) is 25.6. The number of nitrogens with one attached hydrogen (secondary N) is 1. The number of halogens is 3. The molecule has 5 aromatic rings. The first-order valence-electron chi connectivity index (χ1n) is 13.9. The van der Waals surface area contributed by atoms with Gasteiger partial charge in [-0.25, -0.2) is 9.97 Å². The van der Waals surface area contributed by atoms with E-state index in [2.05, 4.69) is 15.3 Å². The number of primary amides is 1. The molecule has 1 aliphatic heterocycles. The average Bonchev–Trinajstić information content (AvgIpc) is 3.39. The van der Waals surface area contributed by atoms with Gasteiger partial charge >= 0.3 is 0 Å². The lowest BCUT2D eigenvalue weighted by atomic mass is 9.82. The molecule has 0 aliphatic carbocycles. The molecule has 228 valence electrons. The molecule has 0 unspecified atom stereocenters. The highest BCUT2D eigenvalue weighted by Gasteiger charge is 2.44. The molecule has 1 aliphatic rings. The third-order valence-corrected chi connectivity index (χ3v) is 8.53. The summed E-state index contributed by atoms with van der Waals surface area (Å²) in [4.78, 5) is 39.1. The second-order valence-corrected chi connectivity index (χ2v) is 11.6.